The van der Waals surface area contributed by atoms with E-state index in [0.717, 1.165) is 24.3 Å². The van der Waals surface area contributed by atoms with E-state index in [1.807, 2.05) is 24.3 Å². The molecule has 2 saturated heterocycles. The molecular formula is C15H18ClNO2. The lowest BCUT2D eigenvalue weighted by Crippen LogP contribution is -2.48. The zero-order valence-electron chi connectivity index (χ0n) is 10.9. The second kappa shape index (κ2) is 5.14. The van der Waals surface area contributed by atoms with E-state index in [9.17, 15) is 4.79 Å². The zero-order chi connectivity index (χ0) is 13.4. The molecule has 2 heterocycles. The molecule has 2 fully saturated rings. The Kier molecular flexibility index (Phi) is 3.50. The van der Waals surface area contributed by atoms with E-state index in [0.29, 0.717) is 6.04 Å². The van der Waals surface area contributed by atoms with Crippen molar-refractivity contribution in [3.05, 3.63) is 34.9 Å². The third-order valence-electron chi connectivity index (χ3n) is 4.45. The van der Waals surface area contributed by atoms with Crippen LogP contribution in [0.5, 0.6) is 0 Å². The Balaban J connectivity index is 1.92. The van der Waals surface area contributed by atoms with Crippen molar-refractivity contribution in [3.63, 3.8) is 0 Å². The zero-order valence-corrected chi connectivity index (χ0v) is 11.7. The van der Waals surface area contributed by atoms with Gasteiger partial charge in [0.15, 0.2) is 0 Å². The molecule has 2 aliphatic heterocycles. The fraction of sp³-hybridized carbons (Fsp3) is 0.533. The molecule has 3 rings (SSSR count). The number of hydrogen-bond donors (Lipinski definition) is 1. The summed E-state index contributed by atoms with van der Waals surface area (Å²) in [5, 5.41) is 4.27. The number of methoxy groups -OCH3 is 1. The van der Waals surface area contributed by atoms with E-state index in [1.54, 1.807) is 0 Å². The van der Waals surface area contributed by atoms with Crippen LogP contribution >= 0.6 is 11.6 Å². The van der Waals surface area contributed by atoms with Gasteiger partial charge in [-0.15, -0.1) is 0 Å². The van der Waals surface area contributed by atoms with Crippen LogP contribution in [0.4, 0.5) is 0 Å². The third kappa shape index (κ3) is 2.37. The van der Waals surface area contributed by atoms with Gasteiger partial charge in [-0.3, -0.25) is 4.79 Å². The van der Waals surface area contributed by atoms with Crippen LogP contribution in [-0.2, 0) is 9.53 Å². The van der Waals surface area contributed by atoms with Crippen LogP contribution in [0.2, 0.25) is 5.02 Å². The first-order chi connectivity index (χ1) is 9.19. The molecule has 1 N–H and O–H groups in total. The summed E-state index contributed by atoms with van der Waals surface area (Å²) in [5.74, 6) is 0.0613. The molecule has 3 nitrogen and oxygen atoms in total. The fourth-order valence-corrected chi connectivity index (χ4v) is 3.70. The van der Waals surface area contributed by atoms with E-state index in [2.05, 4.69) is 5.32 Å². The molecule has 1 aromatic rings. The number of benzene rings is 1. The monoisotopic (exact) mass is 279 g/mol. The Bertz CT molecular complexity index is 474. The van der Waals surface area contributed by atoms with Crippen molar-refractivity contribution in [2.75, 3.05) is 7.11 Å². The Morgan fingerprint density at radius 1 is 1.32 bits per heavy atom. The minimum atomic E-state index is -0.0993. The standard InChI is InChI=1S/C15H18ClNO2/c1-19-15(18)14-12(8-11-6-7-13(14)17-11)9-2-4-10(16)5-3-9/h2-5,11-14,17H,6-8H2,1H3/t11?,12-,13?,14?/m1/s1. The van der Waals surface area contributed by atoms with Crippen molar-refractivity contribution in [2.24, 2.45) is 5.92 Å². The predicted octanol–water partition coefficient (Wildman–Crippen LogP) is 2.74. The average molecular weight is 280 g/mol. The lowest BCUT2D eigenvalue weighted by Gasteiger charge is -2.36. The van der Waals surface area contributed by atoms with Crippen molar-refractivity contribution in [2.45, 2.75) is 37.3 Å². The number of rotatable bonds is 2. The van der Waals surface area contributed by atoms with E-state index in [-0.39, 0.29) is 23.8 Å². The van der Waals surface area contributed by atoms with E-state index in [1.165, 1.54) is 12.7 Å². The summed E-state index contributed by atoms with van der Waals surface area (Å²) in [6.07, 6.45) is 3.22. The van der Waals surface area contributed by atoms with Gasteiger partial charge >= 0.3 is 5.97 Å². The minimum absolute atomic E-state index is 0.0788. The van der Waals surface area contributed by atoms with Gasteiger partial charge in [0.05, 0.1) is 13.0 Å². The second-order valence-electron chi connectivity index (χ2n) is 5.49. The molecule has 4 heteroatoms. The quantitative estimate of drug-likeness (QED) is 0.846. The molecule has 102 valence electrons. The highest BCUT2D eigenvalue weighted by Gasteiger charge is 2.46. The molecular weight excluding hydrogens is 262 g/mol. The Hall–Kier alpha value is -1.06. The van der Waals surface area contributed by atoms with E-state index >= 15 is 0 Å². The van der Waals surface area contributed by atoms with Crippen LogP contribution in [0.15, 0.2) is 24.3 Å². The number of nitrogens with one attached hydrogen (secondary N) is 1. The van der Waals surface area contributed by atoms with Gasteiger partial charge in [0.2, 0.25) is 0 Å². The van der Waals surface area contributed by atoms with Crippen LogP contribution in [0, 0.1) is 5.92 Å². The van der Waals surface area contributed by atoms with Gasteiger partial charge < -0.3 is 10.1 Å². The lowest BCUT2D eigenvalue weighted by atomic mass is 9.77. The predicted molar refractivity (Wildman–Crippen MR) is 74.3 cm³/mol. The molecule has 3 unspecified atom stereocenters. The summed E-state index contributed by atoms with van der Waals surface area (Å²) in [5.41, 5.74) is 1.19. The van der Waals surface area contributed by atoms with Crippen LogP contribution in [0.3, 0.4) is 0 Å². The maximum Gasteiger partial charge on any atom is 0.310 e. The van der Waals surface area contributed by atoms with Gasteiger partial charge in [0.1, 0.15) is 0 Å². The largest absolute Gasteiger partial charge is 0.469 e. The molecule has 0 aromatic heterocycles. The number of piperidine rings is 1. The van der Waals surface area contributed by atoms with Gasteiger partial charge in [-0.1, -0.05) is 23.7 Å². The molecule has 4 atom stereocenters. The first-order valence-electron chi connectivity index (χ1n) is 6.78. The van der Waals surface area contributed by atoms with Gasteiger partial charge in [-0.05, 0) is 37.0 Å². The SMILES string of the molecule is COC(=O)C1C2CCC(C[C@@H]1c1ccc(Cl)cc1)N2. The number of ether oxygens (including phenoxy) is 1. The van der Waals surface area contributed by atoms with Gasteiger partial charge in [-0.25, -0.2) is 0 Å². The highest BCUT2D eigenvalue weighted by molar-refractivity contribution is 6.30. The summed E-state index contributed by atoms with van der Waals surface area (Å²) >= 11 is 5.94. The van der Waals surface area contributed by atoms with Crippen LogP contribution in [0.25, 0.3) is 0 Å². The molecule has 2 aliphatic rings. The Morgan fingerprint density at radius 3 is 2.74 bits per heavy atom. The summed E-state index contributed by atoms with van der Waals surface area (Å²) < 4.78 is 5.01. The summed E-state index contributed by atoms with van der Waals surface area (Å²) in [6.45, 7) is 0. The minimum Gasteiger partial charge on any atom is -0.469 e. The molecule has 1 aromatic carbocycles. The smallest absolute Gasteiger partial charge is 0.310 e. The van der Waals surface area contributed by atoms with Crippen LogP contribution in [0.1, 0.15) is 30.7 Å². The molecule has 0 radical (unpaired) electrons. The lowest BCUT2D eigenvalue weighted by molar-refractivity contribution is -0.148. The Labute approximate surface area is 118 Å². The molecule has 0 spiro atoms. The van der Waals surface area contributed by atoms with Crippen molar-refractivity contribution in [1.82, 2.24) is 5.32 Å². The van der Waals surface area contributed by atoms with Crippen molar-refractivity contribution in [1.29, 1.82) is 0 Å². The number of fused-ring (bicyclic) bond motifs is 2. The van der Waals surface area contributed by atoms with Crippen LogP contribution in [-0.4, -0.2) is 25.2 Å². The van der Waals surface area contributed by atoms with Crippen molar-refractivity contribution >= 4 is 17.6 Å². The van der Waals surface area contributed by atoms with Gasteiger partial charge in [0, 0.05) is 23.0 Å². The van der Waals surface area contributed by atoms with E-state index in [4.69, 9.17) is 16.3 Å². The fourth-order valence-electron chi connectivity index (χ4n) is 3.57. The third-order valence-corrected chi connectivity index (χ3v) is 4.70. The molecule has 0 saturated carbocycles. The van der Waals surface area contributed by atoms with Gasteiger partial charge in [-0.2, -0.15) is 0 Å². The maximum atomic E-state index is 12.1. The number of carbonyl (C=O) groups excluding carboxylic acids is 1. The summed E-state index contributed by atoms with van der Waals surface area (Å²) in [4.78, 5) is 12.1. The van der Waals surface area contributed by atoms with Gasteiger partial charge in [0.25, 0.3) is 0 Å². The number of halogens is 1. The van der Waals surface area contributed by atoms with Crippen LogP contribution < -0.4 is 5.32 Å². The Morgan fingerprint density at radius 2 is 2.05 bits per heavy atom. The molecule has 2 bridgehead atoms. The highest BCUT2D eigenvalue weighted by Crippen LogP contribution is 2.42. The average Bonchev–Trinajstić information content (AvgIpc) is 2.80. The number of carbonyl (C=O) groups is 1. The van der Waals surface area contributed by atoms with Crippen molar-refractivity contribution < 1.29 is 9.53 Å². The van der Waals surface area contributed by atoms with E-state index < -0.39 is 0 Å². The molecule has 0 amide bonds. The van der Waals surface area contributed by atoms with Crippen molar-refractivity contribution in [3.8, 4) is 0 Å². The number of esters is 1. The highest BCUT2D eigenvalue weighted by atomic mass is 35.5. The summed E-state index contributed by atoms with van der Waals surface area (Å²) in [6, 6.07) is 8.66. The molecule has 19 heavy (non-hydrogen) atoms. The first-order valence-corrected chi connectivity index (χ1v) is 7.16. The maximum absolute atomic E-state index is 12.1. The normalized spacial score (nSPS) is 33.2. The first kappa shape index (κ1) is 12.9. The topological polar surface area (TPSA) is 38.3 Å². The molecule has 0 aliphatic carbocycles. The number of hydrogen-bond acceptors (Lipinski definition) is 3. The summed E-state index contributed by atoms with van der Waals surface area (Å²) in [7, 11) is 1.47. The second-order valence-corrected chi connectivity index (χ2v) is 5.93.